The zero-order valence-corrected chi connectivity index (χ0v) is 7.90. The fourth-order valence-corrected chi connectivity index (χ4v) is 1.57. The minimum atomic E-state index is -3.75. The number of aromatic nitrogens is 2. The van der Waals surface area contributed by atoms with Crippen LogP contribution < -0.4 is 5.14 Å². The highest BCUT2D eigenvalue weighted by Gasteiger charge is 2.09. The van der Waals surface area contributed by atoms with E-state index in [-0.39, 0.29) is 5.03 Å². The highest BCUT2D eigenvalue weighted by Crippen LogP contribution is 2.11. The molecule has 2 aromatic heterocycles. The summed E-state index contributed by atoms with van der Waals surface area (Å²) >= 11 is 0. The van der Waals surface area contributed by atoms with Crippen molar-refractivity contribution >= 4 is 21.1 Å². The average molecular weight is 209 g/mol. The smallest absolute Gasteiger partial charge is 0.237 e. The van der Waals surface area contributed by atoms with Gasteiger partial charge in [-0.3, -0.25) is 0 Å². The first kappa shape index (κ1) is 9.04. The van der Waals surface area contributed by atoms with Crippen LogP contribution in [0.5, 0.6) is 0 Å². The van der Waals surface area contributed by atoms with Gasteiger partial charge in [0.25, 0.3) is 10.0 Å². The highest BCUT2D eigenvalue weighted by molar-refractivity contribution is 7.89. The molecule has 0 spiro atoms. The molecule has 2 heterocycles. The van der Waals surface area contributed by atoms with Crippen molar-refractivity contribution in [1.29, 1.82) is 0 Å². The molecule has 0 aromatic carbocycles. The molecule has 14 heavy (non-hydrogen) atoms. The van der Waals surface area contributed by atoms with E-state index in [1.807, 2.05) is 0 Å². The lowest BCUT2D eigenvalue weighted by molar-refractivity contribution is 0.594. The topological polar surface area (TPSA) is 85.9 Å². The lowest BCUT2D eigenvalue weighted by Crippen LogP contribution is -2.13. The molecule has 6 heteroatoms. The zero-order chi connectivity index (χ0) is 10.2. The molecule has 72 valence electrons. The number of hydrogen-bond donors (Lipinski definition) is 1. The van der Waals surface area contributed by atoms with Crippen LogP contribution in [0.4, 0.5) is 0 Å². The van der Waals surface area contributed by atoms with Gasteiger partial charge in [0, 0.05) is 11.6 Å². The number of primary sulfonamides is 1. The van der Waals surface area contributed by atoms with Crippen LogP contribution in [0, 0.1) is 0 Å². The quantitative estimate of drug-likeness (QED) is 0.730. The predicted molar refractivity (Wildman–Crippen MR) is 50.9 cm³/mol. The van der Waals surface area contributed by atoms with E-state index in [0.717, 1.165) is 5.39 Å². The Morgan fingerprint density at radius 1 is 1.21 bits per heavy atom. The average Bonchev–Trinajstić information content (AvgIpc) is 2.16. The number of hydrogen-bond acceptors (Lipinski definition) is 4. The van der Waals surface area contributed by atoms with E-state index in [2.05, 4.69) is 9.97 Å². The van der Waals surface area contributed by atoms with E-state index >= 15 is 0 Å². The van der Waals surface area contributed by atoms with Gasteiger partial charge in [0.05, 0.1) is 0 Å². The third kappa shape index (κ3) is 1.57. The molecule has 2 N–H and O–H groups in total. The lowest BCUT2D eigenvalue weighted by atomic mass is 10.3. The molecular weight excluding hydrogens is 202 g/mol. The van der Waals surface area contributed by atoms with Gasteiger partial charge in [-0.05, 0) is 24.3 Å². The Kier molecular flexibility index (Phi) is 1.94. The Balaban J connectivity index is 2.75. The summed E-state index contributed by atoms with van der Waals surface area (Å²) in [6.07, 6.45) is 1.54. The van der Waals surface area contributed by atoms with Gasteiger partial charge < -0.3 is 0 Å². The van der Waals surface area contributed by atoms with Crippen molar-refractivity contribution in [3.05, 3.63) is 30.5 Å². The maximum atomic E-state index is 11.0. The molecular formula is C8H7N3O2S. The summed E-state index contributed by atoms with van der Waals surface area (Å²) in [6.45, 7) is 0. The van der Waals surface area contributed by atoms with Crippen LogP contribution in [-0.4, -0.2) is 18.4 Å². The van der Waals surface area contributed by atoms with Gasteiger partial charge in [0.2, 0.25) is 0 Å². The number of pyridine rings is 2. The third-order valence-electron chi connectivity index (χ3n) is 1.73. The monoisotopic (exact) mass is 209 g/mol. The van der Waals surface area contributed by atoms with E-state index < -0.39 is 10.0 Å². The summed E-state index contributed by atoms with van der Waals surface area (Å²) in [7, 11) is -3.75. The van der Waals surface area contributed by atoms with Crippen LogP contribution in [0.15, 0.2) is 35.5 Å². The van der Waals surface area contributed by atoms with Crippen LogP contribution in [-0.2, 0) is 10.0 Å². The van der Waals surface area contributed by atoms with E-state index in [4.69, 9.17) is 5.14 Å². The van der Waals surface area contributed by atoms with Gasteiger partial charge >= 0.3 is 0 Å². The van der Waals surface area contributed by atoms with Gasteiger partial charge in [-0.1, -0.05) is 0 Å². The van der Waals surface area contributed by atoms with Crippen molar-refractivity contribution in [2.24, 2.45) is 5.14 Å². The van der Waals surface area contributed by atoms with Gasteiger partial charge in [0.1, 0.15) is 0 Å². The van der Waals surface area contributed by atoms with Gasteiger partial charge in [0.15, 0.2) is 10.7 Å². The van der Waals surface area contributed by atoms with Crippen LogP contribution >= 0.6 is 0 Å². The first-order valence-electron chi connectivity index (χ1n) is 3.82. The highest BCUT2D eigenvalue weighted by atomic mass is 32.2. The molecule has 5 nitrogen and oxygen atoms in total. The summed E-state index contributed by atoms with van der Waals surface area (Å²) in [5, 5.41) is 5.54. The van der Waals surface area contributed by atoms with Crippen LogP contribution in [0.2, 0.25) is 0 Å². The second kappa shape index (κ2) is 3.00. The van der Waals surface area contributed by atoms with Crippen LogP contribution in [0.1, 0.15) is 0 Å². The van der Waals surface area contributed by atoms with Crippen molar-refractivity contribution in [1.82, 2.24) is 9.97 Å². The van der Waals surface area contributed by atoms with E-state index in [1.165, 1.54) is 6.07 Å². The van der Waals surface area contributed by atoms with Crippen molar-refractivity contribution in [3.63, 3.8) is 0 Å². The third-order valence-corrected chi connectivity index (χ3v) is 2.54. The standard InChI is InChI=1S/C8H7N3O2S/c9-14(12,13)7-4-3-6-2-1-5-10-8(6)11-7/h1-5H,(H2,9,12,13). The number of nitrogens with two attached hydrogens (primary N) is 1. The molecule has 2 aromatic rings. The van der Waals surface area contributed by atoms with Gasteiger partial charge in [-0.15, -0.1) is 0 Å². The SMILES string of the molecule is NS(=O)(=O)c1ccc2cccnc2n1. The Morgan fingerprint density at radius 2 is 2.00 bits per heavy atom. The summed E-state index contributed by atoms with van der Waals surface area (Å²) in [5.41, 5.74) is 0.374. The summed E-state index contributed by atoms with van der Waals surface area (Å²) in [6, 6.07) is 6.53. The number of rotatable bonds is 1. The summed E-state index contributed by atoms with van der Waals surface area (Å²) < 4.78 is 21.9. The molecule has 0 bridgehead atoms. The fraction of sp³-hybridized carbons (Fsp3) is 0. The molecule has 0 atom stereocenters. The Morgan fingerprint density at radius 3 is 2.71 bits per heavy atom. The van der Waals surface area contributed by atoms with Crippen LogP contribution in [0.3, 0.4) is 0 Å². The number of sulfonamides is 1. The van der Waals surface area contributed by atoms with Gasteiger partial charge in [-0.2, -0.15) is 0 Å². The minimum Gasteiger partial charge on any atom is -0.237 e. The molecule has 0 aliphatic carbocycles. The first-order chi connectivity index (χ1) is 6.57. The first-order valence-corrected chi connectivity index (χ1v) is 5.36. The maximum Gasteiger partial charge on any atom is 0.255 e. The van der Waals surface area contributed by atoms with E-state index in [1.54, 1.807) is 24.4 Å². The Bertz CT molecular complexity index is 580. The molecule has 0 saturated heterocycles. The molecule has 0 amide bonds. The second-order valence-electron chi connectivity index (χ2n) is 2.74. The van der Waals surface area contributed by atoms with Crippen molar-refractivity contribution in [3.8, 4) is 0 Å². The molecule has 2 rings (SSSR count). The normalized spacial score (nSPS) is 11.8. The minimum absolute atomic E-state index is 0.163. The summed E-state index contributed by atoms with van der Waals surface area (Å²) in [5.74, 6) is 0. The fourth-order valence-electron chi connectivity index (χ4n) is 1.09. The number of fused-ring (bicyclic) bond motifs is 1. The molecule has 0 saturated carbocycles. The van der Waals surface area contributed by atoms with Crippen molar-refractivity contribution in [2.45, 2.75) is 5.03 Å². The van der Waals surface area contributed by atoms with E-state index in [9.17, 15) is 8.42 Å². The maximum absolute atomic E-state index is 11.0. The molecule has 0 radical (unpaired) electrons. The molecule has 0 aliphatic rings. The van der Waals surface area contributed by atoms with Gasteiger partial charge in [-0.25, -0.2) is 23.5 Å². The lowest BCUT2D eigenvalue weighted by Gasteiger charge is -1.98. The molecule has 0 fully saturated rings. The Labute approximate surface area is 80.7 Å². The molecule has 0 unspecified atom stereocenters. The van der Waals surface area contributed by atoms with E-state index in [0.29, 0.717) is 5.65 Å². The Hall–Kier alpha value is -1.53. The van der Waals surface area contributed by atoms with Crippen molar-refractivity contribution < 1.29 is 8.42 Å². The van der Waals surface area contributed by atoms with Crippen molar-refractivity contribution in [2.75, 3.05) is 0 Å². The number of nitrogens with zero attached hydrogens (tertiary/aromatic N) is 2. The second-order valence-corrected chi connectivity index (χ2v) is 4.25. The predicted octanol–water partition coefficient (Wildman–Crippen LogP) is 0.277. The largest absolute Gasteiger partial charge is 0.255 e. The van der Waals surface area contributed by atoms with Crippen LogP contribution in [0.25, 0.3) is 11.0 Å². The molecule has 0 aliphatic heterocycles. The zero-order valence-electron chi connectivity index (χ0n) is 7.08. The summed E-state index contributed by atoms with van der Waals surface area (Å²) in [4.78, 5) is 7.75.